The Kier molecular flexibility index (Phi) is 6.66. The van der Waals surface area contributed by atoms with Crippen LogP contribution >= 0.6 is 0 Å². The van der Waals surface area contributed by atoms with Crippen molar-refractivity contribution in [1.82, 2.24) is 0 Å². The molecule has 118 valence electrons. The summed E-state index contributed by atoms with van der Waals surface area (Å²) in [6.07, 6.45) is 8.82. The zero-order valence-electron chi connectivity index (χ0n) is 12.9. The Morgan fingerprint density at radius 2 is 1.61 bits per heavy atom. The second kappa shape index (κ2) is 9.26. The molecule has 0 aromatic heterocycles. The van der Waals surface area contributed by atoms with Gasteiger partial charge in [0.05, 0.1) is 6.61 Å². The van der Waals surface area contributed by atoms with E-state index in [0.717, 1.165) is 35.8 Å². The van der Waals surface area contributed by atoms with Crippen molar-refractivity contribution < 1.29 is 14.6 Å². The highest BCUT2D eigenvalue weighted by molar-refractivity contribution is 5.85. The topological polar surface area (TPSA) is 46.5 Å². The van der Waals surface area contributed by atoms with Crippen LogP contribution in [0.2, 0.25) is 0 Å². The van der Waals surface area contributed by atoms with Crippen molar-refractivity contribution in [1.29, 1.82) is 0 Å². The van der Waals surface area contributed by atoms with E-state index in [2.05, 4.69) is 12.2 Å². The maximum Gasteiger partial charge on any atom is 0.328 e. The molecule has 0 unspecified atom stereocenters. The summed E-state index contributed by atoms with van der Waals surface area (Å²) < 4.78 is 5.63. The van der Waals surface area contributed by atoms with Gasteiger partial charge in [-0.1, -0.05) is 54.6 Å². The summed E-state index contributed by atoms with van der Waals surface area (Å²) >= 11 is 0. The number of allylic oxidation sites excluding steroid dienone is 1. The lowest BCUT2D eigenvalue weighted by molar-refractivity contribution is -0.131. The van der Waals surface area contributed by atoms with Crippen molar-refractivity contribution in [3.05, 3.63) is 77.9 Å². The van der Waals surface area contributed by atoms with Gasteiger partial charge in [-0.15, -0.1) is 0 Å². The molecule has 0 atom stereocenters. The van der Waals surface area contributed by atoms with Crippen LogP contribution in [0.25, 0.3) is 12.2 Å². The minimum Gasteiger partial charge on any atom is -0.494 e. The van der Waals surface area contributed by atoms with E-state index in [1.54, 1.807) is 6.08 Å². The number of carboxylic acid groups (broad SMARTS) is 1. The molecular formula is C20H20O3. The van der Waals surface area contributed by atoms with Crippen molar-refractivity contribution in [2.45, 2.75) is 12.8 Å². The molecular weight excluding hydrogens is 288 g/mol. The quantitative estimate of drug-likeness (QED) is 0.570. The van der Waals surface area contributed by atoms with E-state index in [-0.39, 0.29) is 0 Å². The average molecular weight is 308 g/mol. The van der Waals surface area contributed by atoms with Crippen LogP contribution in [0.15, 0.2) is 66.7 Å². The second-order valence-corrected chi connectivity index (χ2v) is 5.04. The Hall–Kier alpha value is -2.81. The standard InChI is InChI=1S/C20H20O3/c21-20(22)15-14-18-12-10-17(11-13-18)7-3-2-6-16-23-19-8-4-1-5-9-19/h1,3-5,7-15H,2,6,16H2,(H,21,22)/b7-3+,15-14+. The first-order valence-electron chi connectivity index (χ1n) is 7.59. The van der Waals surface area contributed by atoms with Gasteiger partial charge in [-0.3, -0.25) is 0 Å². The zero-order chi connectivity index (χ0) is 16.3. The Bertz CT molecular complexity index is 655. The van der Waals surface area contributed by atoms with E-state index in [4.69, 9.17) is 9.84 Å². The smallest absolute Gasteiger partial charge is 0.328 e. The first-order valence-corrected chi connectivity index (χ1v) is 7.59. The molecule has 3 heteroatoms. The van der Waals surface area contributed by atoms with Crippen LogP contribution in [-0.4, -0.2) is 17.7 Å². The lowest BCUT2D eigenvalue weighted by atomic mass is 10.1. The predicted molar refractivity (Wildman–Crippen MR) is 93.3 cm³/mol. The molecule has 0 saturated heterocycles. The van der Waals surface area contributed by atoms with Crippen molar-refractivity contribution in [2.75, 3.05) is 6.61 Å². The van der Waals surface area contributed by atoms with Gasteiger partial charge in [-0.25, -0.2) is 4.79 Å². The first-order chi connectivity index (χ1) is 11.2. The molecule has 2 aromatic carbocycles. The van der Waals surface area contributed by atoms with Crippen LogP contribution < -0.4 is 4.74 Å². The molecule has 3 nitrogen and oxygen atoms in total. The Morgan fingerprint density at radius 1 is 0.957 bits per heavy atom. The number of hydrogen-bond donors (Lipinski definition) is 1. The van der Waals surface area contributed by atoms with Crippen LogP contribution in [0, 0.1) is 0 Å². The molecule has 0 fully saturated rings. The Balaban J connectivity index is 1.70. The van der Waals surface area contributed by atoms with Crippen LogP contribution in [0.5, 0.6) is 5.75 Å². The van der Waals surface area contributed by atoms with Crippen molar-refractivity contribution in [3.63, 3.8) is 0 Å². The van der Waals surface area contributed by atoms with Gasteiger partial charge in [-0.2, -0.15) is 0 Å². The lowest BCUT2D eigenvalue weighted by Crippen LogP contribution is -1.95. The normalized spacial score (nSPS) is 11.1. The fraction of sp³-hybridized carbons (Fsp3) is 0.150. The molecule has 1 N–H and O–H groups in total. The fourth-order valence-corrected chi connectivity index (χ4v) is 2.01. The van der Waals surface area contributed by atoms with E-state index in [9.17, 15) is 4.79 Å². The maximum absolute atomic E-state index is 10.4. The number of ether oxygens (including phenoxy) is 1. The van der Waals surface area contributed by atoms with E-state index >= 15 is 0 Å². The van der Waals surface area contributed by atoms with Gasteiger partial charge in [0.2, 0.25) is 0 Å². The third-order valence-corrected chi connectivity index (χ3v) is 3.19. The highest BCUT2D eigenvalue weighted by Crippen LogP contribution is 2.10. The van der Waals surface area contributed by atoms with Crippen molar-refractivity contribution >= 4 is 18.1 Å². The first kappa shape index (κ1) is 16.6. The molecule has 23 heavy (non-hydrogen) atoms. The van der Waals surface area contributed by atoms with Crippen LogP contribution in [0.4, 0.5) is 0 Å². The monoisotopic (exact) mass is 308 g/mol. The summed E-state index contributed by atoms with van der Waals surface area (Å²) in [5.41, 5.74) is 1.97. The Morgan fingerprint density at radius 3 is 2.26 bits per heavy atom. The molecule has 2 aromatic rings. The summed E-state index contributed by atoms with van der Waals surface area (Å²) in [5, 5.41) is 8.58. The van der Waals surface area contributed by atoms with Gasteiger partial charge in [-0.05, 0) is 42.2 Å². The number of benzene rings is 2. The van der Waals surface area contributed by atoms with Crippen LogP contribution in [-0.2, 0) is 4.79 Å². The number of unbranched alkanes of at least 4 members (excludes halogenated alkanes) is 1. The van der Waals surface area contributed by atoms with Gasteiger partial charge in [0.1, 0.15) is 5.75 Å². The Labute approximate surface area is 136 Å². The molecule has 0 bridgehead atoms. The zero-order valence-corrected chi connectivity index (χ0v) is 12.9. The number of hydrogen-bond acceptors (Lipinski definition) is 2. The fourth-order valence-electron chi connectivity index (χ4n) is 2.01. The van der Waals surface area contributed by atoms with Gasteiger partial charge in [0.15, 0.2) is 0 Å². The van der Waals surface area contributed by atoms with Gasteiger partial charge >= 0.3 is 5.97 Å². The molecule has 0 spiro atoms. The van der Waals surface area contributed by atoms with Crippen LogP contribution in [0.1, 0.15) is 24.0 Å². The molecule has 0 radical (unpaired) electrons. The minimum atomic E-state index is -0.938. The van der Waals surface area contributed by atoms with Gasteiger partial charge in [0.25, 0.3) is 0 Å². The summed E-state index contributed by atoms with van der Waals surface area (Å²) in [7, 11) is 0. The molecule has 0 saturated carbocycles. The lowest BCUT2D eigenvalue weighted by Gasteiger charge is -2.03. The third-order valence-electron chi connectivity index (χ3n) is 3.19. The number of para-hydroxylation sites is 1. The van der Waals surface area contributed by atoms with Gasteiger partial charge in [0, 0.05) is 6.08 Å². The molecule has 0 aliphatic rings. The largest absolute Gasteiger partial charge is 0.494 e. The molecule has 0 heterocycles. The SMILES string of the molecule is O=C(O)/C=C/c1ccc(/C=C/CCCOc2ccccc2)cc1. The summed E-state index contributed by atoms with van der Waals surface area (Å²) in [6, 6.07) is 17.5. The molecule has 0 amide bonds. The number of carbonyl (C=O) groups is 1. The van der Waals surface area contributed by atoms with Crippen molar-refractivity contribution in [3.8, 4) is 5.75 Å². The van der Waals surface area contributed by atoms with Gasteiger partial charge < -0.3 is 9.84 Å². The third kappa shape index (κ3) is 6.66. The molecule has 0 aliphatic heterocycles. The maximum atomic E-state index is 10.4. The van der Waals surface area contributed by atoms with E-state index in [1.807, 2.05) is 54.6 Å². The van der Waals surface area contributed by atoms with E-state index in [1.165, 1.54) is 0 Å². The number of carboxylic acids is 1. The van der Waals surface area contributed by atoms with Crippen LogP contribution in [0.3, 0.4) is 0 Å². The predicted octanol–water partition coefficient (Wildman–Crippen LogP) is 4.66. The highest BCUT2D eigenvalue weighted by Gasteiger charge is 1.92. The minimum absolute atomic E-state index is 0.702. The van der Waals surface area contributed by atoms with Crippen molar-refractivity contribution in [2.24, 2.45) is 0 Å². The molecule has 0 aliphatic carbocycles. The average Bonchev–Trinajstić information content (AvgIpc) is 2.58. The summed E-state index contributed by atoms with van der Waals surface area (Å²) in [6.45, 7) is 0.702. The number of rotatable bonds is 8. The second-order valence-electron chi connectivity index (χ2n) is 5.04. The highest BCUT2D eigenvalue weighted by atomic mass is 16.5. The van der Waals surface area contributed by atoms with E-state index in [0.29, 0.717) is 6.61 Å². The summed E-state index contributed by atoms with van der Waals surface area (Å²) in [4.78, 5) is 10.4. The number of aliphatic carboxylic acids is 1. The van der Waals surface area contributed by atoms with E-state index < -0.39 is 5.97 Å². The molecule has 2 rings (SSSR count). The summed E-state index contributed by atoms with van der Waals surface area (Å²) in [5.74, 6) is -0.0341.